The Balaban J connectivity index is 2.45. The monoisotopic (exact) mass is 214 g/mol. The molecule has 2 heterocycles. The van der Waals surface area contributed by atoms with Crippen LogP contribution in [0.15, 0.2) is 24.3 Å². The van der Waals surface area contributed by atoms with Gasteiger partial charge in [0.1, 0.15) is 5.69 Å². The van der Waals surface area contributed by atoms with Gasteiger partial charge >= 0.3 is 0 Å². The van der Waals surface area contributed by atoms with E-state index < -0.39 is 0 Å². The molecule has 0 N–H and O–H groups in total. The predicted molar refractivity (Wildman–Crippen MR) is 64.9 cm³/mol. The molecule has 0 radical (unpaired) electrons. The second-order valence-corrected chi connectivity index (χ2v) is 4.34. The van der Waals surface area contributed by atoms with Crippen molar-refractivity contribution in [3.05, 3.63) is 40.7 Å². The molecule has 1 aliphatic heterocycles. The Morgan fingerprint density at radius 2 is 2.06 bits per heavy atom. The van der Waals surface area contributed by atoms with Crippen LogP contribution in [0, 0.1) is 5.21 Å². The third-order valence-corrected chi connectivity index (χ3v) is 3.49. The summed E-state index contributed by atoms with van der Waals surface area (Å²) in [6.07, 6.45) is 0.845. The van der Waals surface area contributed by atoms with Gasteiger partial charge in [0.25, 0.3) is 0 Å². The summed E-state index contributed by atoms with van der Waals surface area (Å²) in [7, 11) is 2.03. The number of fused-ring (bicyclic) bond motifs is 3. The lowest BCUT2D eigenvalue weighted by molar-refractivity contribution is -0.459. The largest absolute Gasteiger partial charge is 0.624 e. The summed E-state index contributed by atoms with van der Waals surface area (Å²) >= 11 is 0. The van der Waals surface area contributed by atoms with Gasteiger partial charge in [0, 0.05) is 31.3 Å². The van der Waals surface area contributed by atoms with E-state index in [0.29, 0.717) is 6.54 Å². The maximum atomic E-state index is 11.7. The maximum Gasteiger partial charge on any atom is 0.208 e. The fourth-order valence-corrected chi connectivity index (χ4v) is 2.69. The number of nitrogens with zero attached hydrogens (tertiary/aromatic N) is 2. The average molecular weight is 214 g/mol. The van der Waals surface area contributed by atoms with E-state index in [0.717, 1.165) is 22.6 Å². The van der Waals surface area contributed by atoms with E-state index >= 15 is 0 Å². The van der Waals surface area contributed by atoms with E-state index in [1.807, 2.05) is 20.0 Å². The molecule has 3 rings (SSSR count). The molecular weight excluding hydrogens is 200 g/mol. The number of hydrogen-bond donors (Lipinski definition) is 0. The maximum absolute atomic E-state index is 11.7. The van der Waals surface area contributed by atoms with Gasteiger partial charge in [-0.3, -0.25) is 0 Å². The fourth-order valence-electron chi connectivity index (χ4n) is 2.69. The number of hydroxylamine groups is 1. The van der Waals surface area contributed by atoms with Gasteiger partial charge in [0.2, 0.25) is 5.71 Å². The van der Waals surface area contributed by atoms with E-state index in [1.54, 1.807) is 0 Å². The lowest BCUT2D eigenvalue weighted by Gasteiger charge is -2.15. The van der Waals surface area contributed by atoms with E-state index in [-0.39, 0.29) is 0 Å². The van der Waals surface area contributed by atoms with Crippen molar-refractivity contribution >= 4 is 16.6 Å². The van der Waals surface area contributed by atoms with Crippen LogP contribution in [0.2, 0.25) is 0 Å². The van der Waals surface area contributed by atoms with Crippen LogP contribution in [0.4, 0.5) is 0 Å². The predicted octanol–water partition coefficient (Wildman–Crippen LogP) is 2.05. The Kier molecular flexibility index (Phi) is 1.84. The lowest BCUT2D eigenvalue weighted by Crippen LogP contribution is -2.25. The van der Waals surface area contributed by atoms with Gasteiger partial charge in [0.15, 0.2) is 6.54 Å². The molecular formula is C13H14N2O. The molecule has 1 aromatic heterocycles. The number of hydrogen-bond acceptors (Lipinski definition) is 1. The first-order valence-electron chi connectivity index (χ1n) is 5.55. The van der Waals surface area contributed by atoms with Crippen LogP contribution in [-0.4, -0.2) is 21.6 Å². The molecule has 0 saturated carbocycles. The number of benzene rings is 1. The molecule has 16 heavy (non-hydrogen) atoms. The van der Waals surface area contributed by atoms with Crippen LogP contribution in [0.3, 0.4) is 0 Å². The Bertz CT molecular complexity index is 608. The molecule has 0 amide bonds. The van der Waals surface area contributed by atoms with Crippen molar-refractivity contribution in [3.63, 3.8) is 0 Å². The zero-order valence-electron chi connectivity index (χ0n) is 9.53. The van der Waals surface area contributed by atoms with Crippen LogP contribution in [0.5, 0.6) is 0 Å². The Hall–Kier alpha value is -1.77. The van der Waals surface area contributed by atoms with Crippen molar-refractivity contribution in [3.8, 4) is 0 Å². The van der Waals surface area contributed by atoms with Gasteiger partial charge in [-0.2, -0.15) is 0 Å². The van der Waals surface area contributed by atoms with Crippen molar-refractivity contribution in [1.82, 2.24) is 4.57 Å². The normalized spacial score (nSPS) is 15.6. The first-order chi connectivity index (χ1) is 7.70. The van der Waals surface area contributed by atoms with Gasteiger partial charge in [0.05, 0.1) is 0 Å². The highest BCUT2D eigenvalue weighted by molar-refractivity contribution is 6.02. The quantitative estimate of drug-likeness (QED) is 0.488. The number of aryl methyl sites for hydroxylation is 1. The Morgan fingerprint density at radius 1 is 1.31 bits per heavy atom. The van der Waals surface area contributed by atoms with Crippen molar-refractivity contribution < 1.29 is 4.74 Å². The zero-order valence-corrected chi connectivity index (χ0v) is 9.53. The van der Waals surface area contributed by atoms with E-state index in [2.05, 4.69) is 22.8 Å². The van der Waals surface area contributed by atoms with Crippen molar-refractivity contribution in [2.75, 3.05) is 6.54 Å². The van der Waals surface area contributed by atoms with E-state index in [1.165, 1.54) is 16.5 Å². The molecule has 3 heteroatoms. The smallest absolute Gasteiger partial charge is 0.208 e. The van der Waals surface area contributed by atoms with E-state index in [4.69, 9.17) is 0 Å². The molecule has 2 aromatic rings. The molecule has 1 aromatic carbocycles. The molecule has 0 fully saturated rings. The second kappa shape index (κ2) is 3.11. The van der Waals surface area contributed by atoms with Gasteiger partial charge in [-0.15, -0.1) is 0 Å². The highest BCUT2D eigenvalue weighted by Gasteiger charge is 2.25. The van der Waals surface area contributed by atoms with Crippen LogP contribution >= 0.6 is 0 Å². The Morgan fingerprint density at radius 3 is 2.88 bits per heavy atom. The van der Waals surface area contributed by atoms with Crippen molar-refractivity contribution in [2.24, 2.45) is 7.05 Å². The minimum Gasteiger partial charge on any atom is -0.624 e. The first-order valence-corrected chi connectivity index (χ1v) is 5.55. The summed E-state index contributed by atoms with van der Waals surface area (Å²) < 4.78 is 3.23. The minimum atomic E-state index is 0.576. The highest BCUT2D eigenvalue weighted by Crippen LogP contribution is 2.28. The second-order valence-electron chi connectivity index (χ2n) is 4.34. The highest BCUT2D eigenvalue weighted by atomic mass is 16.5. The van der Waals surface area contributed by atoms with Crippen molar-refractivity contribution in [1.29, 1.82) is 0 Å². The summed E-state index contributed by atoms with van der Waals surface area (Å²) in [6, 6.07) is 8.34. The summed E-state index contributed by atoms with van der Waals surface area (Å²) in [4.78, 5) is 0. The molecule has 0 atom stereocenters. The van der Waals surface area contributed by atoms with Crippen LogP contribution in [-0.2, 0) is 13.5 Å². The van der Waals surface area contributed by atoms with Crippen LogP contribution in [0.25, 0.3) is 10.9 Å². The molecule has 0 spiro atoms. The minimum absolute atomic E-state index is 0.576. The molecule has 0 bridgehead atoms. The molecule has 3 nitrogen and oxygen atoms in total. The van der Waals surface area contributed by atoms with Gasteiger partial charge in [-0.25, -0.2) is 4.74 Å². The SMILES string of the molecule is CC1=[N+]([O-])CCc2c1n(C)c1ccccc21. The van der Waals surface area contributed by atoms with Crippen molar-refractivity contribution in [2.45, 2.75) is 13.3 Å². The number of para-hydroxylation sites is 1. The van der Waals surface area contributed by atoms with Crippen LogP contribution < -0.4 is 0 Å². The molecule has 0 aliphatic carbocycles. The molecule has 0 unspecified atom stereocenters. The number of aromatic nitrogens is 1. The third kappa shape index (κ3) is 1.06. The van der Waals surface area contributed by atoms with Crippen LogP contribution in [0.1, 0.15) is 18.2 Å². The topological polar surface area (TPSA) is 31.0 Å². The zero-order chi connectivity index (χ0) is 11.3. The standard InChI is InChI=1S/C13H14N2O/c1-9-13-11(7-8-15(9)16)10-5-3-4-6-12(10)14(13)2/h3-6H,7-8H2,1-2H3. The van der Waals surface area contributed by atoms with E-state index in [9.17, 15) is 5.21 Å². The van der Waals surface area contributed by atoms with Gasteiger partial charge in [-0.1, -0.05) is 18.2 Å². The molecule has 0 saturated heterocycles. The number of rotatable bonds is 0. The summed E-state index contributed by atoms with van der Waals surface area (Å²) in [5.41, 5.74) is 4.47. The third-order valence-electron chi connectivity index (χ3n) is 3.49. The van der Waals surface area contributed by atoms with Gasteiger partial charge < -0.3 is 9.77 Å². The summed E-state index contributed by atoms with van der Waals surface area (Å²) in [5.74, 6) is 0. The fraction of sp³-hybridized carbons (Fsp3) is 0.308. The summed E-state index contributed by atoms with van der Waals surface area (Å²) in [5, 5.41) is 12.9. The lowest BCUT2D eigenvalue weighted by atomic mass is 10.0. The van der Waals surface area contributed by atoms with Gasteiger partial charge in [-0.05, 0) is 11.6 Å². The molecule has 1 aliphatic rings. The summed E-state index contributed by atoms with van der Waals surface area (Å²) in [6.45, 7) is 2.48. The Labute approximate surface area is 94.2 Å². The molecule has 82 valence electrons. The average Bonchev–Trinajstić information content (AvgIpc) is 2.59. The first kappa shape index (κ1) is 9.46.